The van der Waals surface area contributed by atoms with Crippen LogP contribution in [0.1, 0.15) is 48.8 Å². The minimum atomic E-state index is -0.119. The largest absolute Gasteiger partial charge is 0.396 e. The second kappa shape index (κ2) is 6.06. The van der Waals surface area contributed by atoms with Gasteiger partial charge in [0.05, 0.1) is 11.4 Å². The van der Waals surface area contributed by atoms with Crippen LogP contribution < -0.4 is 5.73 Å². The van der Waals surface area contributed by atoms with Gasteiger partial charge in [0.2, 0.25) is 0 Å². The first-order valence-corrected chi connectivity index (χ1v) is 6.93. The molecule has 0 radical (unpaired) electrons. The van der Waals surface area contributed by atoms with Crippen molar-refractivity contribution in [1.29, 1.82) is 0 Å². The lowest BCUT2D eigenvalue weighted by atomic mass is 9.91. The number of carbonyl (C=O) groups is 1. The molecule has 0 aromatic carbocycles. The molecular formula is C13H22N4O2. The zero-order valence-corrected chi connectivity index (χ0v) is 11.4. The number of carbonyl (C=O) groups excluding carboxylic acids is 1. The molecule has 1 aliphatic carbocycles. The van der Waals surface area contributed by atoms with Gasteiger partial charge in [-0.1, -0.05) is 6.92 Å². The van der Waals surface area contributed by atoms with Gasteiger partial charge in [-0.2, -0.15) is 5.10 Å². The first-order valence-electron chi connectivity index (χ1n) is 6.93. The average molecular weight is 266 g/mol. The van der Waals surface area contributed by atoms with Crippen molar-refractivity contribution in [3.8, 4) is 0 Å². The van der Waals surface area contributed by atoms with Gasteiger partial charge >= 0.3 is 0 Å². The summed E-state index contributed by atoms with van der Waals surface area (Å²) < 4.78 is 0. The summed E-state index contributed by atoms with van der Waals surface area (Å²) in [4.78, 5) is 14.3. The van der Waals surface area contributed by atoms with Crippen molar-refractivity contribution >= 4 is 11.6 Å². The molecule has 0 bridgehead atoms. The number of aryl methyl sites for hydroxylation is 1. The van der Waals surface area contributed by atoms with E-state index in [9.17, 15) is 4.79 Å². The predicted octanol–water partition coefficient (Wildman–Crippen LogP) is 0.931. The molecule has 1 aliphatic rings. The molecule has 0 spiro atoms. The summed E-state index contributed by atoms with van der Waals surface area (Å²) in [5, 5.41) is 15.8. The highest BCUT2D eigenvalue weighted by molar-refractivity contribution is 5.97. The lowest BCUT2D eigenvalue weighted by Crippen LogP contribution is -2.45. The van der Waals surface area contributed by atoms with Gasteiger partial charge < -0.3 is 15.7 Å². The highest BCUT2D eigenvalue weighted by Gasteiger charge is 2.31. The first kappa shape index (κ1) is 13.9. The normalized spacial score (nSPS) is 15.3. The highest BCUT2D eigenvalue weighted by atomic mass is 16.3. The van der Waals surface area contributed by atoms with Crippen LogP contribution in [0.4, 0.5) is 5.69 Å². The molecule has 1 amide bonds. The first-order chi connectivity index (χ1) is 9.19. The van der Waals surface area contributed by atoms with E-state index in [1.807, 2.05) is 11.8 Å². The van der Waals surface area contributed by atoms with E-state index in [2.05, 4.69) is 10.2 Å². The van der Waals surface area contributed by atoms with Crippen molar-refractivity contribution < 1.29 is 9.90 Å². The van der Waals surface area contributed by atoms with Gasteiger partial charge in [-0.25, -0.2) is 0 Å². The maximum Gasteiger partial charge on any atom is 0.276 e. The van der Waals surface area contributed by atoms with Crippen molar-refractivity contribution in [2.75, 3.05) is 18.9 Å². The second-order valence-corrected chi connectivity index (χ2v) is 4.98. The summed E-state index contributed by atoms with van der Waals surface area (Å²) >= 11 is 0. The fourth-order valence-electron chi connectivity index (χ4n) is 2.34. The monoisotopic (exact) mass is 266 g/mol. The van der Waals surface area contributed by atoms with Crippen LogP contribution >= 0.6 is 0 Å². The number of nitrogens with zero attached hydrogens (tertiary/aromatic N) is 2. The van der Waals surface area contributed by atoms with Crippen molar-refractivity contribution in [3.05, 3.63) is 11.4 Å². The van der Waals surface area contributed by atoms with Crippen LogP contribution in [-0.4, -0.2) is 45.3 Å². The van der Waals surface area contributed by atoms with Crippen molar-refractivity contribution in [3.63, 3.8) is 0 Å². The Morgan fingerprint density at radius 2 is 2.32 bits per heavy atom. The maximum absolute atomic E-state index is 12.5. The second-order valence-electron chi connectivity index (χ2n) is 4.98. The number of hydrogen-bond donors (Lipinski definition) is 3. The fraction of sp³-hybridized carbons (Fsp3) is 0.692. The Hall–Kier alpha value is -1.56. The van der Waals surface area contributed by atoms with E-state index >= 15 is 0 Å². The van der Waals surface area contributed by atoms with E-state index in [1.54, 1.807) is 0 Å². The minimum absolute atomic E-state index is 0.0900. The van der Waals surface area contributed by atoms with Gasteiger partial charge in [-0.15, -0.1) is 0 Å². The van der Waals surface area contributed by atoms with E-state index in [0.717, 1.165) is 31.4 Å². The van der Waals surface area contributed by atoms with Crippen molar-refractivity contribution in [2.45, 2.75) is 45.1 Å². The summed E-state index contributed by atoms with van der Waals surface area (Å²) in [5.74, 6) is -0.119. The maximum atomic E-state index is 12.5. The number of anilines is 1. The molecule has 6 nitrogen and oxygen atoms in total. The Balaban J connectivity index is 2.15. The molecule has 4 N–H and O–H groups in total. The molecule has 0 aliphatic heterocycles. The van der Waals surface area contributed by atoms with Gasteiger partial charge in [0, 0.05) is 19.2 Å². The van der Waals surface area contributed by atoms with Crippen LogP contribution in [0.25, 0.3) is 0 Å². The molecule has 0 atom stereocenters. The third kappa shape index (κ3) is 2.73. The number of aromatic nitrogens is 2. The SMILES string of the molecule is CCc1[nH]nc(C(=O)N(CCCO)C2CCC2)c1N. The summed E-state index contributed by atoms with van der Waals surface area (Å²) in [6.07, 6.45) is 4.54. The summed E-state index contributed by atoms with van der Waals surface area (Å²) in [6.45, 7) is 2.62. The molecule has 1 saturated carbocycles. The van der Waals surface area contributed by atoms with Crippen molar-refractivity contribution in [1.82, 2.24) is 15.1 Å². The molecular weight excluding hydrogens is 244 g/mol. The number of aliphatic hydroxyl groups is 1. The number of hydrogen-bond acceptors (Lipinski definition) is 4. The van der Waals surface area contributed by atoms with E-state index < -0.39 is 0 Å². The standard InChI is InChI=1S/C13H22N4O2/c1-2-10-11(14)12(16-15-10)13(19)17(7-4-8-18)9-5-3-6-9/h9,18H,2-8,14H2,1H3,(H,15,16). The Morgan fingerprint density at radius 3 is 2.79 bits per heavy atom. The Bertz CT molecular complexity index is 440. The number of rotatable bonds is 6. The van der Waals surface area contributed by atoms with Gasteiger partial charge in [-0.05, 0) is 32.1 Å². The van der Waals surface area contributed by atoms with E-state index in [-0.39, 0.29) is 18.6 Å². The lowest BCUT2D eigenvalue weighted by Gasteiger charge is -2.37. The third-order valence-corrected chi connectivity index (χ3v) is 3.77. The molecule has 6 heteroatoms. The smallest absolute Gasteiger partial charge is 0.276 e. The molecule has 2 rings (SSSR count). The van der Waals surface area contributed by atoms with Gasteiger partial charge in [-0.3, -0.25) is 9.89 Å². The summed E-state index contributed by atoms with van der Waals surface area (Å²) in [5.41, 5.74) is 7.53. The molecule has 106 valence electrons. The van der Waals surface area contributed by atoms with Gasteiger partial charge in [0.15, 0.2) is 5.69 Å². The summed E-state index contributed by atoms with van der Waals surface area (Å²) in [6, 6.07) is 0.278. The molecule has 19 heavy (non-hydrogen) atoms. The summed E-state index contributed by atoms with van der Waals surface area (Å²) in [7, 11) is 0. The molecule has 1 heterocycles. The van der Waals surface area contributed by atoms with Crippen LogP contribution in [0, 0.1) is 0 Å². The van der Waals surface area contributed by atoms with Gasteiger partial charge in [0.1, 0.15) is 0 Å². The van der Waals surface area contributed by atoms with Crippen LogP contribution in [0.3, 0.4) is 0 Å². The molecule has 0 unspecified atom stereocenters. The van der Waals surface area contributed by atoms with Crippen LogP contribution in [0.5, 0.6) is 0 Å². The average Bonchev–Trinajstić information content (AvgIpc) is 2.72. The highest BCUT2D eigenvalue weighted by Crippen LogP contribution is 2.27. The predicted molar refractivity (Wildman–Crippen MR) is 72.8 cm³/mol. The Morgan fingerprint density at radius 1 is 1.58 bits per heavy atom. The van der Waals surface area contributed by atoms with Crippen LogP contribution in [0.15, 0.2) is 0 Å². The molecule has 1 aromatic rings. The topological polar surface area (TPSA) is 95.2 Å². The lowest BCUT2D eigenvalue weighted by molar-refractivity contribution is 0.0557. The quantitative estimate of drug-likeness (QED) is 0.714. The van der Waals surface area contributed by atoms with E-state index in [1.165, 1.54) is 0 Å². The van der Waals surface area contributed by atoms with Crippen LogP contribution in [0.2, 0.25) is 0 Å². The fourth-order valence-corrected chi connectivity index (χ4v) is 2.34. The molecule has 0 saturated heterocycles. The third-order valence-electron chi connectivity index (χ3n) is 3.77. The van der Waals surface area contributed by atoms with E-state index in [4.69, 9.17) is 10.8 Å². The van der Waals surface area contributed by atoms with Gasteiger partial charge in [0.25, 0.3) is 5.91 Å². The zero-order chi connectivity index (χ0) is 13.8. The Labute approximate surface area is 113 Å². The molecule has 1 fully saturated rings. The number of nitrogens with two attached hydrogens (primary N) is 1. The number of nitrogen functional groups attached to an aromatic ring is 1. The Kier molecular flexibility index (Phi) is 4.42. The molecule has 1 aromatic heterocycles. The number of H-pyrrole nitrogens is 1. The minimum Gasteiger partial charge on any atom is -0.396 e. The van der Waals surface area contributed by atoms with Crippen molar-refractivity contribution in [2.24, 2.45) is 0 Å². The van der Waals surface area contributed by atoms with E-state index in [0.29, 0.717) is 24.3 Å². The number of nitrogens with one attached hydrogen (secondary N) is 1. The van der Waals surface area contributed by atoms with Crippen LogP contribution in [-0.2, 0) is 6.42 Å². The number of aliphatic hydroxyl groups excluding tert-OH is 1. The zero-order valence-electron chi connectivity index (χ0n) is 11.4. The number of aromatic amines is 1. The number of amides is 1.